The van der Waals surface area contributed by atoms with E-state index in [1.165, 1.54) is 41.0 Å². The lowest BCUT2D eigenvalue weighted by atomic mass is 9.94. The molecule has 12 atom stereocenters. The number of halogens is 6. The number of aryl methyl sites for hydroxylation is 1. The zero-order chi connectivity index (χ0) is 77.5. The Morgan fingerprint density at radius 1 is 0.642 bits per heavy atom. The van der Waals surface area contributed by atoms with Gasteiger partial charge in [-0.2, -0.15) is 0 Å². The number of alkyl carbamates (subject to hydrolysis) is 1. The molecule has 5 aromatic carbocycles. The minimum absolute atomic E-state index is 0.0125. The molecule has 578 valence electrons. The van der Waals surface area contributed by atoms with Crippen molar-refractivity contribution in [2.24, 2.45) is 0 Å². The number of β-amino-alcohol motifs (C(OH)–C–C–N with tert-alkyl or cyclic N) is 1. The van der Waals surface area contributed by atoms with Crippen molar-refractivity contribution in [3.05, 3.63) is 177 Å². The highest BCUT2D eigenvalue weighted by atomic mass is 19.2. The Hall–Kier alpha value is -8.83. The number of imide groups is 1. The maximum absolute atomic E-state index is 14.0. The molecule has 0 aliphatic carbocycles. The molecule has 0 saturated carbocycles. The van der Waals surface area contributed by atoms with E-state index in [4.69, 9.17) is 28.4 Å². The van der Waals surface area contributed by atoms with Gasteiger partial charge in [0, 0.05) is 68.5 Å². The molecular formula is C78H99F6N7O15. The Labute approximate surface area is 614 Å². The summed E-state index contributed by atoms with van der Waals surface area (Å²) in [7, 11) is 0. The highest BCUT2D eigenvalue weighted by Gasteiger charge is 2.54. The molecule has 0 aromatic heterocycles. The van der Waals surface area contributed by atoms with Gasteiger partial charge in [-0.25, -0.2) is 50.4 Å². The molecule has 5 fully saturated rings. The van der Waals surface area contributed by atoms with Crippen LogP contribution in [0.2, 0.25) is 0 Å². The van der Waals surface area contributed by atoms with Gasteiger partial charge in [-0.3, -0.25) is 24.2 Å². The van der Waals surface area contributed by atoms with Crippen molar-refractivity contribution in [3.8, 4) is 0 Å². The number of hydrogen-bond acceptors (Lipinski definition) is 16. The summed E-state index contributed by atoms with van der Waals surface area (Å²) < 4.78 is 117. The summed E-state index contributed by atoms with van der Waals surface area (Å²) in [5.74, 6) is -5.67. The molecular weight excluding hydrogens is 1390 g/mol. The lowest BCUT2D eigenvalue weighted by molar-refractivity contribution is -0.127. The number of likely N-dealkylation sites (tertiary alicyclic amines) is 2. The first-order valence-corrected chi connectivity index (χ1v) is 36.0. The Balaban J connectivity index is 0.000000202. The van der Waals surface area contributed by atoms with Crippen molar-refractivity contribution in [1.29, 1.82) is 0 Å². The number of hydrogen-bond donors (Lipinski definition) is 5. The van der Waals surface area contributed by atoms with Gasteiger partial charge in [0.2, 0.25) is 5.91 Å². The minimum atomic E-state index is -1.05. The van der Waals surface area contributed by atoms with E-state index < -0.39 is 137 Å². The smallest absolute Gasteiger partial charge is 0.417 e. The van der Waals surface area contributed by atoms with Gasteiger partial charge >= 0.3 is 24.4 Å². The monoisotopic (exact) mass is 1490 g/mol. The standard InChI is InChI=1S/C31H43F2N3O4.C26H30F2N2O5.C21H26F2N2O6/c1-5-8-36(9-6-2)31(39)23-12-20(4)11-22(16-23)30(38)35-28(15-21-13-24(32)17-25(33)14-21)29(37)27-18-26(19-34-27)40-10-7-3;1-26(2,3)35-25(32)30-14-20(33-15-16-7-5-4-6-8-16)13-22(30)23-21(29-24(31)34-23)11-17-9-18(27)12-19(28)10-17;1-11(26)25-17(7-12-5-13(22)8-14(23)6-12)18(30-20(25)29)16-9-15(27)10-24(16)19(28)31-21(2,3)4/h11-14,16-17,26-29,34,37H,5-10,15,18-19H2,1-4H3,(H,35,38);4-10,12,20-23H,11,13-15H2,1-3H3,(H,29,31);5-6,8,15-18,27H,7,9-10H2,1-4H3/t26-,27-,28+,29-;20-,21+,22-,23+;15-,16-,17+,18-/m111/s1. The van der Waals surface area contributed by atoms with Crippen LogP contribution in [0.25, 0.3) is 0 Å². The maximum atomic E-state index is 14.0. The third-order valence-electron chi connectivity index (χ3n) is 18.2. The van der Waals surface area contributed by atoms with E-state index in [0.717, 1.165) is 65.6 Å². The normalized spacial score (nSPS) is 22.6. The Morgan fingerprint density at radius 2 is 1.18 bits per heavy atom. The number of rotatable bonds is 23. The van der Waals surface area contributed by atoms with Crippen molar-refractivity contribution in [3.63, 3.8) is 0 Å². The first-order valence-electron chi connectivity index (χ1n) is 36.0. The third kappa shape index (κ3) is 23.6. The second-order valence-electron chi connectivity index (χ2n) is 29.5. The number of aliphatic hydroxyl groups excluding tert-OH is 2. The van der Waals surface area contributed by atoms with Gasteiger partial charge in [0.25, 0.3) is 11.8 Å². The predicted molar refractivity (Wildman–Crippen MR) is 379 cm³/mol. The Morgan fingerprint density at radius 3 is 1.73 bits per heavy atom. The lowest BCUT2D eigenvalue weighted by Gasteiger charge is -2.33. The summed E-state index contributed by atoms with van der Waals surface area (Å²) >= 11 is 0. The fraction of sp³-hybridized carbons (Fsp3) is 0.526. The van der Waals surface area contributed by atoms with Crippen LogP contribution in [0, 0.1) is 41.8 Å². The van der Waals surface area contributed by atoms with Crippen LogP contribution in [0.1, 0.15) is 156 Å². The predicted octanol–water partition coefficient (Wildman–Crippen LogP) is 11.6. The van der Waals surface area contributed by atoms with Crippen LogP contribution in [0.15, 0.2) is 103 Å². The molecule has 5 heterocycles. The van der Waals surface area contributed by atoms with Gasteiger partial charge in [-0.15, -0.1) is 0 Å². The highest BCUT2D eigenvalue weighted by molar-refractivity contribution is 6.00. The molecule has 28 heteroatoms. The number of cyclic esters (lactones) is 2. The fourth-order valence-electron chi connectivity index (χ4n) is 13.9. The largest absolute Gasteiger partial charge is 0.444 e. The molecule has 0 radical (unpaired) electrons. The molecule has 10 rings (SSSR count). The summed E-state index contributed by atoms with van der Waals surface area (Å²) in [4.78, 5) is 94.8. The van der Waals surface area contributed by atoms with Crippen molar-refractivity contribution in [1.82, 2.24) is 35.6 Å². The first kappa shape index (κ1) is 82.8. The summed E-state index contributed by atoms with van der Waals surface area (Å²) in [6.45, 7) is 22.5. The molecule has 5 aromatic rings. The quantitative estimate of drug-likeness (QED) is 0.0301. The number of carbonyl (C=O) groups is 7. The van der Waals surface area contributed by atoms with Gasteiger partial charge in [-0.1, -0.05) is 51.1 Å². The van der Waals surface area contributed by atoms with E-state index in [0.29, 0.717) is 62.4 Å². The van der Waals surface area contributed by atoms with Crippen molar-refractivity contribution < 1.29 is 98.5 Å². The van der Waals surface area contributed by atoms with Crippen LogP contribution in [0.5, 0.6) is 0 Å². The number of ether oxygens (including phenoxy) is 6. The van der Waals surface area contributed by atoms with E-state index >= 15 is 0 Å². The molecule has 22 nitrogen and oxygen atoms in total. The maximum Gasteiger partial charge on any atom is 0.417 e. The van der Waals surface area contributed by atoms with Crippen LogP contribution >= 0.6 is 0 Å². The van der Waals surface area contributed by atoms with Gasteiger partial charge < -0.3 is 59.5 Å². The number of carbonyl (C=O) groups excluding carboxylic acids is 7. The molecule has 5 saturated heterocycles. The summed E-state index contributed by atoms with van der Waals surface area (Å²) in [6, 6.07) is 20.0. The number of aliphatic hydroxyl groups is 2. The molecule has 0 unspecified atom stereocenters. The van der Waals surface area contributed by atoms with Crippen molar-refractivity contribution >= 4 is 42.1 Å². The van der Waals surface area contributed by atoms with Gasteiger partial charge in [0.1, 0.15) is 58.3 Å². The second kappa shape index (κ2) is 37.1. The third-order valence-corrected chi connectivity index (χ3v) is 18.2. The topological polar surface area (TPSA) is 264 Å². The van der Waals surface area contributed by atoms with Gasteiger partial charge in [-0.05, 0) is 189 Å². The van der Waals surface area contributed by atoms with E-state index in [2.05, 4.69) is 16.0 Å². The molecule has 0 bridgehead atoms. The molecule has 0 spiro atoms. The molecule has 5 N–H and O–H groups in total. The zero-order valence-corrected chi connectivity index (χ0v) is 61.8. The number of amides is 7. The summed E-state index contributed by atoms with van der Waals surface area (Å²) in [5, 5.41) is 30.4. The zero-order valence-electron chi connectivity index (χ0n) is 61.8. The fourth-order valence-corrected chi connectivity index (χ4v) is 13.9. The molecule has 5 aliphatic rings. The summed E-state index contributed by atoms with van der Waals surface area (Å²) in [5.41, 5.74) is 1.86. The molecule has 7 amide bonds. The first-order chi connectivity index (χ1) is 50.1. The number of nitrogens with one attached hydrogen (secondary N) is 3. The van der Waals surface area contributed by atoms with Crippen molar-refractivity contribution in [2.75, 3.05) is 39.3 Å². The lowest BCUT2D eigenvalue weighted by Crippen LogP contribution is -2.52. The Bertz CT molecular complexity index is 3800. The van der Waals surface area contributed by atoms with E-state index in [9.17, 15) is 70.1 Å². The van der Waals surface area contributed by atoms with E-state index in [1.807, 2.05) is 58.0 Å². The number of nitrogens with zero attached hydrogens (tertiary/aromatic N) is 4. The van der Waals surface area contributed by atoms with E-state index in [-0.39, 0.29) is 74.1 Å². The summed E-state index contributed by atoms with van der Waals surface area (Å²) in [6.07, 6.45) is -3.20. The van der Waals surface area contributed by atoms with Crippen LogP contribution in [-0.4, -0.2) is 195 Å². The van der Waals surface area contributed by atoms with E-state index in [1.54, 1.807) is 64.6 Å². The van der Waals surface area contributed by atoms with Gasteiger partial charge in [0.15, 0.2) is 0 Å². The SMILES string of the molecule is CC(=O)N1C(=O)O[C@H]([C@H]2C[C@@H](O)CN2C(=O)OC(C)(C)C)[C@@H]1Cc1cc(F)cc(F)c1.CC(C)(C)OC(=O)N1C[C@H](OCc2ccccc2)C[C@@H]1[C@H]1OC(=O)N[C@H]1Cc1cc(F)cc(F)c1.CCCO[C@H]1CN[C@@H]([C@@H](O)[C@H](Cc2cc(F)cc(F)c2)NC(=O)c2cc(C)cc(C(=O)N(CCC)CCC)c2)C1. The Kier molecular flexibility index (Phi) is 29.0. The average molecular weight is 1490 g/mol. The second-order valence-corrected chi connectivity index (χ2v) is 29.5. The molecule has 106 heavy (non-hydrogen) atoms. The number of benzene rings is 5. The minimum Gasteiger partial charge on any atom is -0.444 e. The van der Waals surface area contributed by atoms with Crippen LogP contribution in [0.3, 0.4) is 0 Å². The van der Waals surface area contributed by atoms with Crippen LogP contribution < -0.4 is 16.0 Å². The van der Waals surface area contributed by atoms with Crippen LogP contribution in [-0.2, 0) is 59.1 Å². The van der Waals surface area contributed by atoms with Crippen LogP contribution in [0.4, 0.5) is 45.5 Å². The average Bonchev–Trinajstić information content (AvgIpc) is 1.62. The van der Waals surface area contributed by atoms with Crippen molar-refractivity contribution in [2.45, 2.75) is 225 Å². The molecule has 5 aliphatic heterocycles. The van der Waals surface area contributed by atoms with Gasteiger partial charge in [0.05, 0.1) is 74.3 Å². The highest BCUT2D eigenvalue weighted by Crippen LogP contribution is 2.36.